The third kappa shape index (κ3) is 3.57. The van der Waals surface area contributed by atoms with Crippen molar-refractivity contribution in [3.63, 3.8) is 0 Å². The molecule has 0 N–H and O–H groups in total. The highest BCUT2D eigenvalue weighted by Crippen LogP contribution is 2.40. The lowest BCUT2D eigenvalue weighted by molar-refractivity contribution is -0.180. The maximum Gasteiger partial charge on any atom is 0.253 e. The van der Waals surface area contributed by atoms with Gasteiger partial charge in [0.25, 0.3) is 5.91 Å². The normalized spacial score (nSPS) is 24.0. The zero-order valence-electron chi connectivity index (χ0n) is 16.6. The molecule has 0 aliphatic carbocycles. The predicted molar refractivity (Wildman–Crippen MR) is 106 cm³/mol. The fourth-order valence-corrected chi connectivity index (χ4v) is 4.97. The molecule has 3 aliphatic heterocycles. The SMILES string of the molecule is O=C([C@H]1Cn2ccnc2C2(CCN(Cc3cccc(F)c3)CC2)O1)N1CCCC1. The molecule has 4 heterocycles. The lowest BCUT2D eigenvalue weighted by Crippen LogP contribution is -2.54. The first kappa shape index (κ1) is 18.8. The third-order valence-corrected chi connectivity index (χ3v) is 6.51. The molecule has 2 saturated heterocycles. The van der Waals surface area contributed by atoms with Crippen LogP contribution >= 0.6 is 0 Å². The summed E-state index contributed by atoms with van der Waals surface area (Å²) in [6, 6.07) is 6.79. The van der Waals surface area contributed by atoms with Crippen LogP contribution in [0, 0.1) is 5.82 Å². The summed E-state index contributed by atoms with van der Waals surface area (Å²) in [4.78, 5) is 21.9. The molecule has 5 rings (SSSR count). The number of benzene rings is 1. The lowest BCUT2D eigenvalue weighted by atomic mass is 9.88. The predicted octanol–water partition coefficient (Wildman–Crippen LogP) is 2.53. The Morgan fingerprint density at radius 1 is 1.21 bits per heavy atom. The molecule has 1 aromatic heterocycles. The summed E-state index contributed by atoms with van der Waals surface area (Å²) in [6.45, 7) is 4.59. The number of nitrogens with zero attached hydrogens (tertiary/aromatic N) is 4. The fraction of sp³-hybridized carbons (Fsp3) is 0.545. The fourth-order valence-electron chi connectivity index (χ4n) is 4.97. The van der Waals surface area contributed by atoms with E-state index in [9.17, 15) is 9.18 Å². The monoisotopic (exact) mass is 398 g/mol. The van der Waals surface area contributed by atoms with Crippen LogP contribution in [0.4, 0.5) is 4.39 Å². The van der Waals surface area contributed by atoms with E-state index in [-0.39, 0.29) is 11.7 Å². The first-order valence-electron chi connectivity index (χ1n) is 10.6. The Morgan fingerprint density at radius 2 is 2.00 bits per heavy atom. The number of ether oxygens (including phenoxy) is 1. The zero-order chi connectivity index (χ0) is 19.8. The molecule has 7 heteroatoms. The minimum absolute atomic E-state index is 0.114. The summed E-state index contributed by atoms with van der Waals surface area (Å²) in [6.07, 6.45) is 7.05. The number of aromatic nitrogens is 2. The second kappa shape index (κ2) is 7.54. The van der Waals surface area contributed by atoms with Crippen LogP contribution in [0.3, 0.4) is 0 Å². The van der Waals surface area contributed by atoms with Gasteiger partial charge in [0.05, 0.1) is 6.54 Å². The van der Waals surface area contributed by atoms with Gasteiger partial charge in [0.1, 0.15) is 17.2 Å². The number of piperidine rings is 1. The van der Waals surface area contributed by atoms with E-state index < -0.39 is 11.7 Å². The Balaban J connectivity index is 1.31. The molecule has 2 aromatic rings. The van der Waals surface area contributed by atoms with Gasteiger partial charge in [-0.3, -0.25) is 9.69 Å². The lowest BCUT2D eigenvalue weighted by Gasteiger charge is -2.46. The highest BCUT2D eigenvalue weighted by Gasteiger charge is 2.47. The smallest absolute Gasteiger partial charge is 0.253 e. The number of likely N-dealkylation sites (tertiary alicyclic amines) is 2. The van der Waals surface area contributed by atoms with Gasteiger partial charge in [0.2, 0.25) is 0 Å². The molecule has 0 radical (unpaired) electrons. The number of hydrogen-bond acceptors (Lipinski definition) is 4. The molecule has 2 fully saturated rings. The van der Waals surface area contributed by atoms with Crippen molar-refractivity contribution in [3.8, 4) is 0 Å². The van der Waals surface area contributed by atoms with Crippen LogP contribution in [0.5, 0.6) is 0 Å². The van der Waals surface area contributed by atoms with E-state index in [0.29, 0.717) is 6.54 Å². The van der Waals surface area contributed by atoms with Crippen LogP contribution in [-0.4, -0.2) is 57.5 Å². The number of carbonyl (C=O) groups is 1. The van der Waals surface area contributed by atoms with Crippen molar-refractivity contribution in [2.45, 2.75) is 50.5 Å². The van der Waals surface area contributed by atoms with Gasteiger partial charge < -0.3 is 14.2 Å². The number of rotatable bonds is 3. The summed E-state index contributed by atoms with van der Waals surface area (Å²) >= 11 is 0. The van der Waals surface area contributed by atoms with Crippen molar-refractivity contribution >= 4 is 5.91 Å². The van der Waals surface area contributed by atoms with Crippen molar-refractivity contribution in [2.75, 3.05) is 26.2 Å². The molecular formula is C22H27FN4O2. The van der Waals surface area contributed by atoms with Gasteiger partial charge in [-0.1, -0.05) is 12.1 Å². The quantitative estimate of drug-likeness (QED) is 0.797. The first-order valence-corrected chi connectivity index (χ1v) is 10.6. The van der Waals surface area contributed by atoms with Crippen LogP contribution in [0.1, 0.15) is 37.1 Å². The molecule has 6 nitrogen and oxygen atoms in total. The van der Waals surface area contributed by atoms with E-state index in [1.54, 1.807) is 12.1 Å². The second-order valence-corrected chi connectivity index (χ2v) is 8.44. The van der Waals surface area contributed by atoms with E-state index >= 15 is 0 Å². The molecular weight excluding hydrogens is 371 g/mol. The molecule has 29 heavy (non-hydrogen) atoms. The van der Waals surface area contributed by atoms with Crippen LogP contribution in [0.15, 0.2) is 36.7 Å². The first-order chi connectivity index (χ1) is 14.1. The third-order valence-electron chi connectivity index (χ3n) is 6.51. The number of imidazole rings is 1. The maximum absolute atomic E-state index is 13.5. The highest BCUT2D eigenvalue weighted by molar-refractivity contribution is 5.81. The Morgan fingerprint density at radius 3 is 2.76 bits per heavy atom. The largest absolute Gasteiger partial charge is 0.352 e. The zero-order valence-corrected chi connectivity index (χ0v) is 16.6. The van der Waals surface area contributed by atoms with Gasteiger partial charge in [-0.2, -0.15) is 0 Å². The number of halogens is 1. The van der Waals surface area contributed by atoms with E-state index in [1.165, 1.54) is 6.07 Å². The molecule has 0 bridgehead atoms. The molecule has 3 aliphatic rings. The summed E-state index contributed by atoms with van der Waals surface area (Å²) in [7, 11) is 0. The van der Waals surface area contributed by atoms with Gasteiger partial charge in [-0.15, -0.1) is 0 Å². The van der Waals surface area contributed by atoms with Gasteiger partial charge in [-0.25, -0.2) is 9.37 Å². The van der Waals surface area contributed by atoms with Crippen molar-refractivity contribution < 1.29 is 13.9 Å². The van der Waals surface area contributed by atoms with Crippen molar-refractivity contribution in [1.82, 2.24) is 19.4 Å². The maximum atomic E-state index is 13.5. The summed E-state index contributed by atoms with van der Waals surface area (Å²) in [5.74, 6) is 0.855. The number of amides is 1. The standard InChI is InChI=1S/C22H27FN4O2/c23-18-5-3-4-17(14-18)15-25-11-6-22(7-12-25)21-24-8-13-27(21)16-19(29-22)20(28)26-9-1-2-10-26/h3-5,8,13-14,19H,1-2,6-7,9-12,15-16H2/t19-/m1/s1. The van der Waals surface area contributed by atoms with Gasteiger partial charge in [-0.05, 0) is 43.4 Å². The molecule has 1 spiro atoms. The van der Waals surface area contributed by atoms with Crippen LogP contribution < -0.4 is 0 Å². The summed E-state index contributed by atoms with van der Waals surface area (Å²) in [5, 5.41) is 0. The number of fused-ring (bicyclic) bond motifs is 2. The Kier molecular flexibility index (Phi) is 4.87. The minimum atomic E-state index is -0.514. The van der Waals surface area contributed by atoms with E-state index in [0.717, 1.165) is 69.8 Å². The molecule has 0 unspecified atom stereocenters. The molecule has 1 amide bonds. The Labute approximate surface area is 170 Å². The Hall–Kier alpha value is -2.25. The van der Waals surface area contributed by atoms with Gasteiger partial charge in [0, 0.05) is 45.1 Å². The van der Waals surface area contributed by atoms with Crippen molar-refractivity contribution in [3.05, 3.63) is 53.9 Å². The van der Waals surface area contributed by atoms with Crippen LogP contribution in [-0.2, 0) is 28.2 Å². The van der Waals surface area contributed by atoms with E-state index in [1.807, 2.05) is 23.4 Å². The number of carbonyl (C=O) groups excluding carboxylic acids is 1. The minimum Gasteiger partial charge on any atom is -0.352 e. The topological polar surface area (TPSA) is 50.6 Å². The van der Waals surface area contributed by atoms with Crippen LogP contribution in [0.2, 0.25) is 0 Å². The second-order valence-electron chi connectivity index (χ2n) is 8.44. The molecule has 154 valence electrons. The average molecular weight is 398 g/mol. The highest BCUT2D eigenvalue weighted by atomic mass is 19.1. The van der Waals surface area contributed by atoms with Gasteiger partial charge in [0.15, 0.2) is 6.10 Å². The molecule has 0 saturated carbocycles. The number of hydrogen-bond donors (Lipinski definition) is 0. The van der Waals surface area contributed by atoms with Crippen molar-refractivity contribution in [1.29, 1.82) is 0 Å². The summed E-state index contributed by atoms with van der Waals surface area (Å²) < 4.78 is 22.1. The van der Waals surface area contributed by atoms with Crippen LogP contribution in [0.25, 0.3) is 0 Å². The van der Waals surface area contributed by atoms with Gasteiger partial charge >= 0.3 is 0 Å². The van der Waals surface area contributed by atoms with Crippen molar-refractivity contribution in [2.24, 2.45) is 0 Å². The molecule has 1 atom stereocenters. The average Bonchev–Trinajstić information content (AvgIpc) is 3.41. The van der Waals surface area contributed by atoms with E-state index in [4.69, 9.17) is 4.74 Å². The summed E-state index contributed by atoms with van der Waals surface area (Å²) in [5.41, 5.74) is 0.467. The Bertz CT molecular complexity index is 884. The van der Waals surface area contributed by atoms with E-state index in [2.05, 4.69) is 14.5 Å². The molecule has 1 aromatic carbocycles.